The highest BCUT2D eigenvalue weighted by molar-refractivity contribution is 5.66. The molecule has 1 saturated carbocycles. The first-order valence-electron chi connectivity index (χ1n) is 5.89. The van der Waals surface area contributed by atoms with E-state index in [-0.39, 0.29) is 6.42 Å². The third-order valence-corrected chi connectivity index (χ3v) is 3.42. The molecule has 4 nitrogen and oxygen atoms in total. The number of hydrogen-bond donors (Lipinski definition) is 1. The molecular weight excluding hydrogens is 204 g/mol. The summed E-state index contributed by atoms with van der Waals surface area (Å²) in [6, 6.07) is 0.410. The number of nitrogens with zero attached hydrogens (tertiary/aromatic N) is 2. The van der Waals surface area contributed by atoms with Gasteiger partial charge in [0.2, 0.25) is 0 Å². The standard InChI is InChI=1S/C12H18N2O2/c1-9-7-13-14(8-9)11-4-2-3-10(11)5-6-12(15)16/h7-8,10-11H,2-6H2,1H3,(H,15,16). The molecular formula is C12H18N2O2. The third-order valence-electron chi connectivity index (χ3n) is 3.42. The molecule has 0 aromatic carbocycles. The minimum Gasteiger partial charge on any atom is -0.481 e. The first-order chi connectivity index (χ1) is 7.66. The van der Waals surface area contributed by atoms with Crippen LogP contribution in [0.15, 0.2) is 12.4 Å². The maximum atomic E-state index is 10.6. The highest BCUT2D eigenvalue weighted by Gasteiger charge is 2.29. The smallest absolute Gasteiger partial charge is 0.303 e. The molecule has 1 aliphatic carbocycles. The fourth-order valence-corrected chi connectivity index (χ4v) is 2.63. The van der Waals surface area contributed by atoms with Crippen molar-refractivity contribution in [2.45, 2.75) is 45.1 Å². The summed E-state index contributed by atoms with van der Waals surface area (Å²) in [5, 5.41) is 13.1. The van der Waals surface area contributed by atoms with Crippen LogP contribution in [0.5, 0.6) is 0 Å². The van der Waals surface area contributed by atoms with Crippen LogP contribution in [0.1, 0.15) is 43.7 Å². The molecule has 0 aliphatic heterocycles. The largest absolute Gasteiger partial charge is 0.481 e. The number of carbonyl (C=O) groups is 1. The normalized spacial score (nSPS) is 24.8. The Balaban J connectivity index is 2.00. The zero-order valence-electron chi connectivity index (χ0n) is 9.59. The molecule has 0 bridgehead atoms. The number of aromatic nitrogens is 2. The molecule has 1 aromatic rings. The third kappa shape index (κ3) is 2.43. The summed E-state index contributed by atoms with van der Waals surface area (Å²) in [7, 11) is 0. The molecule has 0 amide bonds. The molecule has 2 rings (SSSR count). The molecule has 16 heavy (non-hydrogen) atoms. The topological polar surface area (TPSA) is 55.1 Å². The summed E-state index contributed by atoms with van der Waals surface area (Å²) >= 11 is 0. The van der Waals surface area contributed by atoms with Crippen LogP contribution in [0.3, 0.4) is 0 Å². The summed E-state index contributed by atoms with van der Waals surface area (Å²) in [6.45, 7) is 2.03. The fourth-order valence-electron chi connectivity index (χ4n) is 2.63. The first kappa shape index (κ1) is 11.2. The van der Waals surface area contributed by atoms with Gasteiger partial charge < -0.3 is 5.11 Å². The lowest BCUT2D eigenvalue weighted by molar-refractivity contribution is -0.137. The minimum atomic E-state index is -0.692. The summed E-state index contributed by atoms with van der Waals surface area (Å²) in [6.07, 6.45) is 8.44. The van der Waals surface area contributed by atoms with Crippen molar-refractivity contribution >= 4 is 5.97 Å². The van der Waals surface area contributed by atoms with Crippen molar-refractivity contribution in [1.82, 2.24) is 9.78 Å². The Morgan fingerprint density at radius 2 is 2.44 bits per heavy atom. The van der Waals surface area contributed by atoms with Crippen LogP contribution < -0.4 is 0 Å². The van der Waals surface area contributed by atoms with Crippen molar-refractivity contribution in [2.24, 2.45) is 5.92 Å². The van der Waals surface area contributed by atoms with E-state index >= 15 is 0 Å². The Hall–Kier alpha value is -1.32. The van der Waals surface area contributed by atoms with Gasteiger partial charge in [0.05, 0.1) is 12.2 Å². The van der Waals surface area contributed by atoms with Gasteiger partial charge in [0.1, 0.15) is 0 Å². The second kappa shape index (κ2) is 4.68. The monoisotopic (exact) mass is 222 g/mol. The average Bonchev–Trinajstić information content (AvgIpc) is 2.82. The highest BCUT2D eigenvalue weighted by Crippen LogP contribution is 2.38. The summed E-state index contributed by atoms with van der Waals surface area (Å²) in [5.41, 5.74) is 1.17. The second-order valence-corrected chi connectivity index (χ2v) is 4.69. The summed E-state index contributed by atoms with van der Waals surface area (Å²) in [4.78, 5) is 10.6. The van der Waals surface area contributed by atoms with E-state index in [9.17, 15) is 4.79 Å². The maximum Gasteiger partial charge on any atom is 0.303 e. The van der Waals surface area contributed by atoms with Gasteiger partial charge in [-0.1, -0.05) is 6.42 Å². The van der Waals surface area contributed by atoms with Crippen LogP contribution in [0, 0.1) is 12.8 Å². The van der Waals surface area contributed by atoms with E-state index in [0.717, 1.165) is 19.3 Å². The van der Waals surface area contributed by atoms with Crippen LogP contribution >= 0.6 is 0 Å². The van der Waals surface area contributed by atoms with Gasteiger partial charge >= 0.3 is 5.97 Å². The lowest BCUT2D eigenvalue weighted by atomic mass is 9.98. The highest BCUT2D eigenvalue weighted by atomic mass is 16.4. The van der Waals surface area contributed by atoms with Crippen LogP contribution in [-0.4, -0.2) is 20.9 Å². The zero-order valence-corrected chi connectivity index (χ0v) is 9.59. The Morgan fingerprint density at radius 3 is 3.06 bits per heavy atom. The van der Waals surface area contributed by atoms with Crippen LogP contribution in [-0.2, 0) is 4.79 Å². The number of carboxylic acid groups (broad SMARTS) is 1. The second-order valence-electron chi connectivity index (χ2n) is 4.69. The number of rotatable bonds is 4. The predicted octanol–water partition coefficient (Wildman–Crippen LogP) is 2.40. The Bertz CT molecular complexity index is 373. The van der Waals surface area contributed by atoms with Crippen molar-refractivity contribution in [3.05, 3.63) is 18.0 Å². The van der Waals surface area contributed by atoms with Gasteiger partial charge in [0.25, 0.3) is 0 Å². The van der Waals surface area contributed by atoms with E-state index in [1.54, 1.807) is 0 Å². The SMILES string of the molecule is Cc1cnn(C2CCCC2CCC(=O)O)c1. The lowest BCUT2D eigenvalue weighted by Gasteiger charge is -2.19. The Kier molecular flexibility index (Phi) is 3.27. The molecule has 2 unspecified atom stereocenters. The fraction of sp³-hybridized carbons (Fsp3) is 0.667. The molecule has 1 N–H and O–H groups in total. The van der Waals surface area contributed by atoms with Gasteiger partial charge in [-0.15, -0.1) is 0 Å². The van der Waals surface area contributed by atoms with E-state index in [0.29, 0.717) is 12.0 Å². The van der Waals surface area contributed by atoms with E-state index in [1.807, 2.05) is 17.8 Å². The van der Waals surface area contributed by atoms with Crippen LogP contribution in [0.2, 0.25) is 0 Å². The predicted molar refractivity (Wildman–Crippen MR) is 60.2 cm³/mol. The molecule has 1 heterocycles. The van der Waals surface area contributed by atoms with Crippen molar-refractivity contribution < 1.29 is 9.90 Å². The van der Waals surface area contributed by atoms with Gasteiger partial charge in [0, 0.05) is 12.6 Å². The van der Waals surface area contributed by atoms with Gasteiger partial charge in [0.15, 0.2) is 0 Å². The molecule has 0 radical (unpaired) electrons. The van der Waals surface area contributed by atoms with Gasteiger partial charge in [-0.05, 0) is 37.7 Å². The Morgan fingerprint density at radius 1 is 1.62 bits per heavy atom. The number of carboxylic acids is 1. The van der Waals surface area contributed by atoms with E-state index in [4.69, 9.17) is 5.11 Å². The van der Waals surface area contributed by atoms with Crippen molar-refractivity contribution in [2.75, 3.05) is 0 Å². The zero-order chi connectivity index (χ0) is 11.5. The molecule has 1 fully saturated rings. The number of hydrogen-bond acceptors (Lipinski definition) is 2. The molecule has 88 valence electrons. The molecule has 0 spiro atoms. The van der Waals surface area contributed by atoms with Gasteiger partial charge in [-0.25, -0.2) is 0 Å². The van der Waals surface area contributed by atoms with Crippen molar-refractivity contribution in [3.8, 4) is 0 Å². The quantitative estimate of drug-likeness (QED) is 0.851. The number of aliphatic carboxylic acids is 1. The van der Waals surface area contributed by atoms with Gasteiger partial charge in [-0.3, -0.25) is 9.48 Å². The van der Waals surface area contributed by atoms with E-state index < -0.39 is 5.97 Å². The van der Waals surface area contributed by atoms with E-state index in [1.165, 1.54) is 12.0 Å². The average molecular weight is 222 g/mol. The van der Waals surface area contributed by atoms with Crippen molar-refractivity contribution in [3.63, 3.8) is 0 Å². The molecule has 1 aliphatic rings. The molecule has 1 aromatic heterocycles. The maximum absolute atomic E-state index is 10.6. The number of aryl methyl sites for hydroxylation is 1. The van der Waals surface area contributed by atoms with E-state index in [2.05, 4.69) is 11.3 Å². The Labute approximate surface area is 95.3 Å². The summed E-state index contributed by atoms with van der Waals surface area (Å²) in [5.74, 6) is -0.210. The van der Waals surface area contributed by atoms with Crippen molar-refractivity contribution in [1.29, 1.82) is 0 Å². The van der Waals surface area contributed by atoms with Crippen LogP contribution in [0.4, 0.5) is 0 Å². The molecule has 4 heteroatoms. The molecule has 2 atom stereocenters. The minimum absolute atomic E-state index is 0.279. The lowest BCUT2D eigenvalue weighted by Crippen LogP contribution is -2.15. The first-order valence-corrected chi connectivity index (χ1v) is 5.89. The van der Waals surface area contributed by atoms with Gasteiger partial charge in [-0.2, -0.15) is 5.10 Å². The molecule has 0 saturated heterocycles. The summed E-state index contributed by atoms with van der Waals surface area (Å²) < 4.78 is 2.02. The van der Waals surface area contributed by atoms with Crippen LogP contribution in [0.25, 0.3) is 0 Å².